The third-order valence-corrected chi connectivity index (χ3v) is 3.84. The van der Waals surface area contributed by atoms with Crippen molar-refractivity contribution < 1.29 is 19.1 Å². The number of hydrogen-bond donors (Lipinski definition) is 1. The summed E-state index contributed by atoms with van der Waals surface area (Å²) in [7, 11) is 0. The van der Waals surface area contributed by atoms with E-state index in [2.05, 4.69) is 5.32 Å². The Morgan fingerprint density at radius 2 is 1.76 bits per heavy atom. The molecular formula is C18H27N3O4. The van der Waals surface area contributed by atoms with Crippen LogP contribution in [0.5, 0.6) is 5.75 Å². The summed E-state index contributed by atoms with van der Waals surface area (Å²) in [6, 6.07) is 7.58. The molecule has 7 nitrogen and oxygen atoms in total. The second-order valence-electron chi connectivity index (χ2n) is 6.08. The van der Waals surface area contributed by atoms with E-state index in [1.807, 2.05) is 38.1 Å². The van der Waals surface area contributed by atoms with Gasteiger partial charge in [-0.2, -0.15) is 0 Å². The van der Waals surface area contributed by atoms with Gasteiger partial charge < -0.3 is 24.6 Å². The first-order valence-electron chi connectivity index (χ1n) is 8.70. The van der Waals surface area contributed by atoms with E-state index in [4.69, 9.17) is 9.47 Å². The zero-order valence-electron chi connectivity index (χ0n) is 15.2. The quantitative estimate of drug-likeness (QED) is 0.852. The molecule has 0 aliphatic carbocycles. The van der Waals surface area contributed by atoms with Gasteiger partial charge in [-0.05, 0) is 32.9 Å². The Morgan fingerprint density at radius 1 is 1.12 bits per heavy atom. The van der Waals surface area contributed by atoms with Gasteiger partial charge in [0, 0.05) is 26.2 Å². The van der Waals surface area contributed by atoms with Gasteiger partial charge in [0.25, 0.3) is 0 Å². The summed E-state index contributed by atoms with van der Waals surface area (Å²) >= 11 is 0. The Balaban J connectivity index is 1.83. The van der Waals surface area contributed by atoms with Gasteiger partial charge in [-0.15, -0.1) is 0 Å². The minimum Gasteiger partial charge on any atom is -0.489 e. The fraction of sp³-hybridized carbons (Fsp3) is 0.556. The number of carbonyl (C=O) groups is 2. The highest BCUT2D eigenvalue weighted by Gasteiger charge is 2.24. The normalized spacial score (nSPS) is 14.4. The van der Waals surface area contributed by atoms with Gasteiger partial charge >= 0.3 is 6.09 Å². The van der Waals surface area contributed by atoms with Crippen LogP contribution < -0.4 is 10.1 Å². The molecule has 1 aromatic carbocycles. The van der Waals surface area contributed by atoms with Gasteiger partial charge in [-0.1, -0.05) is 12.1 Å². The van der Waals surface area contributed by atoms with E-state index in [0.717, 1.165) is 11.4 Å². The largest absolute Gasteiger partial charge is 0.489 e. The lowest BCUT2D eigenvalue weighted by atomic mass is 10.2. The Morgan fingerprint density at radius 3 is 2.40 bits per heavy atom. The van der Waals surface area contributed by atoms with Crippen LogP contribution in [0.3, 0.4) is 0 Å². The van der Waals surface area contributed by atoms with Crippen molar-refractivity contribution in [3.63, 3.8) is 0 Å². The zero-order valence-corrected chi connectivity index (χ0v) is 15.2. The van der Waals surface area contributed by atoms with Crippen LogP contribution in [0.1, 0.15) is 20.8 Å². The first-order valence-corrected chi connectivity index (χ1v) is 8.70. The molecule has 0 spiro atoms. The van der Waals surface area contributed by atoms with Gasteiger partial charge in [0.05, 0.1) is 24.9 Å². The highest BCUT2D eigenvalue weighted by molar-refractivity contribution is 5.81. The van der Waals surface area contributed by atoms with E-state index in [1.54, 1.807) is 16.7 Å². The molecule has 0 unspecified atom stereocenters. The Hall–Kier alpha value is -2.44. The maximum Gasteiger partial charge on any atom is 0.409 e. The van der Waals surface area contributed by atoms with Crippen LogP contribution in [0.25, 0.3) is 0 Å². The first kappa shape index (κ1) is 18.9. The first-order chi connectivity index (χ1) is 12.0. The Labute approximate surface area is 148 Å². The van der Waals surface area contributed by atoms with Crippen LogP contribution in [0.4, 0.5) is 10.5 Å². The van der Waals surface area contributed by atoms with Gasteiger partial charge in [0.15, 0.2) is 0 Å². The third kappa shape index (κ3) is 5.55. The SMILES string of the molecule is CCOC(=O)N1CCN(C(=O)CNc2ccccc2OC(C)C)CC1. The lowest BCUT2D eigenvalue weighted by Crippen LogP contribution is -2.51. The van der Waals surface area contributed by atoms with Crippen molar-refractivity contribution in [1.29, 1.82) is 0 Å². The lowest BCUT2D eigenvalue weighted by Gasteiger charge is -2.34. The fourth-order valence-electron chi connectivity index (χ4n) is 2.61. The number of nitrogens with one attached hydrogen (secondary N) is 1. The molecule has 1 aliphatic heterocycles. The third-order valence-electron chi connectivity index (χ3n) is 3.84. The van der Waals surface area contributed by atoms with Crippen LogP contribution in [0.2, 0.25) is 0 Å². The standard InChI is InChI=1S/C18H27N3O4/c1-4-24-18(23)21-11-9-20(10-12-21)17(22)13-19-15-7-5-6-8-16(15)25-14(2)3/h5-8,14,19H,4,9-13H2,1-3H3. The topological polar surface area (TPSA) is 71.1 Å². The minimum atomic E-state index is -0.313. The summed E-state index contributed by atoms with van der Waals surface area (Å²) in [5.74, 6) is 0.736. The molecule has 1 saturated heterocycles. The Kier molecular flexibility index (Phi) is 6.91. The number of rotatable bonds is 6. The molecular weight excluding hydrogens is 322 g/mol. The van der Waals surface area contributed by atoms with E-state index in [-0.39, 0.29) is 24.6 Å². The maximum atomic E-state index is 12.4. The van der Waals surface area contributed by atoms with E-state index < -0.39 is 0 Å². The fourth-order valence-corrected chi connectivity index (χ4v) is 2.61. The summed E-state index contributed by atoms with van der Waals surface area (Å²) in [5.41, 5.74) is 0.801. The van der Waals surface area contributed by atoms with E-state index in [1.165, 1.54) is 0 Å². The average Bonchev–Trinajstić information content (AvgIpc) is 2.60. The molecule has 1 aromatic rings. The van der Waals surface area contributed by atoms with Crippen LogP contribution in [-0.2, 0) is 9.53 Å². The van der Waals surface area contributed by atoms with E-state index in [0.29, 0.717) is 32.8 Å². The van der Waals surface area contributed by atoms with Gasteiger partial charge in [0.2, 0.25) is 5.91 Å². The molecule has 138 valence electrons. The molecule has 7 heteroatoms. The van der Waals surface area contributed by atoms with E-state index >= 15 is 0 Å². The molecule has 0 atom stereocenters. The van der Waals surface area contributed by atoms with Crippen LogP contribution in [-0.4, -0.2) is 67.2 Å². The van der Waals surface area contributed by atoms with Crippen LogP contribution in [0.15, 0.2) is 24.3 Å². The summed E-state index contributed by atoms with van der Waals surface area (Å²) in [5, 5.41) is 3.15. The number of piperazine rings is 1. The number of ether oxygens (including phenoxy) is 2. The monoisotopic (exact) mass is 349 g/mol. The molecule has 2 amide bonds. The lowest BCUT2D eigenvalue weighted by molar-refractivity contribution is -0.130. The van der Waals surface area contributed by atoms with Crippen molar-refractivity contribution in [3.8, 4) is 5.75 Å². The molecule has 0 saturated carbocycles. The number of para-hydroxylation sites is 2. The Bertz CT molecular complexity index is 583. The van der Waals surface area contributed by atoms with E-state index in [9.17, 15) is 9.59 Å². The second kappa shape index (κ2) is 9.15. The summed E-state index contributed by atoms with van der Waals surface area (Å²) in [6.07, 6.45) is -0.248. The molecule has 1 N–H and O–H groups in total. The predicted octanol–water partition coefficient (Wildman–Crippen LogP) is 2.19. The van der Waals surface area contributed by atoms with Crippen LogP contribution >= 0.6 is 0 Å². The molecule has 2 rings (SSSR count). The van der Waals surface area contributed by atoms with Crippen LogP contribution in [0, 0.1) is 0 Å². The summed E-state index contributed by atoms with van der Waals surface area (Å²) in [4.78, 5) is 27.5. The van der Waals surface area contributed by atoms with Crippen molar-refractivity contribution in [2.24, 2.45) is 0 Å². The highest BCUT2D eigenvalue weighted by atomic mass is 16.6. The zero-order chi connectivity index (χ0) is 18.2. The smallest absolute Gasteiger partial charge is 0.409 e. The van der Waals surface area contributed by atoms with Gasteiger partial charge in [-0.25, -0.2) is 4.79 Å². The number of benzene rings is 1. The molecule has 1 fully saturated rings. The number of anilines is 1. The second-order valence-corrected chi connectivity index (χ2v) is 6.08. The van der Waals surface area contributed by atoms with Gasteiger partial charge in [0.1, 0.15) is 5.75 Å². The molecule has 0 aromatic heterocycles. The number of hydrogen-bond acceptors (Lipinski definition) is 5. The van der Waals surface area contributed by atoms with Crippen molar-refractivity contribution in [2.75, 3.05) is 44.6 Å². The number of carbonyl (C=O) groups excluding carboxylic acids is 2. The van der Waals surface area contributed by atoms with Crippen molar-refractivity contribution in [2.45, 2.75) is 26.9 Å². The van der Waals surface area contributed by atoms with Crippen molar-refractivity contribution in [1.82, 2.24) is 9.80 Å². The van der Waals surface area contributed by atoms with Gasteiger partial charge in [-0.3, -0.25) is 4.79 Å². The maximum absolute atomic E-state index is 12.4. The average molecular weight is 349 g/mol. The number of nitrogens with zero attached hydrogens (tertiary/aromatic N) is 2. The summed E-state index contributed by atoms with van der Waals surface area (Å²) < 4.78 is 10.7. The minimum absolute atomic E-state index is 0.00265. The van der Waals surface area contributed by atoms with Crippen molar-refractivity contribution >= 4 is 17.7 Å². The molecule has 0 radical (unpaired) electrons. The molecule has 1 aliphatic rings. The molecule has 1 heterocycles. The molecule has 0 bridgehead atoms. The highest BCUT2D eigenvalue weighted by Crippen LogP contribution is 2.24. The number of amides is 2. The van der Waals surface area contributed by atoms with Crippen molar-refractivity contribution in [3.05, 3.63) is 24.3 Å². The predicted molar refractivity (Wildman–Crippen MR) is 95.9 cm³/mol. The molecule has 25 heavy (non-hydrogen) atoms. The summed E-state index contributed by atoms with van der Waals surface area (Å²) in [6.45, 7) is 8.29.